The van der Waals surface area contributed by atoms with Gasteiger partial charge in [0.2, 0.25) is 0 Å². The summed E-state index contributed by atoms with van der Waals surface area (Å²) in [6.45, 7) is 0. The number of aromatic amines is 1. The summed E-state index contributed by atoms with van der Waals surface area (Å²) >= 11 is 6.14. The van der Waals surface area contributed by atoms with Crippen molar-refractivity contribution >= 4 is 40.3 Å². The number of fused-ring (bicyclic) bond motifs is 1. The number of hydrogen-bond acceptors (Lipinski definition) is 4. The molecule has 2 aromatic carbocycles. The standard InChI is InChI=1S/C27H28ClN3O4/c1-35-26(34)27(12-13-27)18-9-6-16(7-10-18)24(32)30-21-4-2-3-5-22(21)31-25(33)17-8-11-19-20(28)15-29-23(19)14-17/h6-11,14-15,21-22,29H,2-5,12-13H2,1H3,(H,30,32)(H,31,33). The van der Waals surface area contributed by atoms with E-state index in [2.05, 4.69) is 15.6 Å². The average Bonchev–Trinajstić information content (AvgIpc) is 3.62. The first kappa shape index (κ1) is 23.4. The Kier molecular flexibility index (Phi) is 6.28. The van der Waals surface area contributed by atoms with Crippen molar-refractivity contribution in [2.45, 2.75) is 56.0 Å². The first-order chi connectivity index (χ1) is 16.9. The van der Waals surface area contributed by atoms with E-state index in [9.17, 15) is 14.4 Å². The van der Waals surface area contributed by atoms with Gasteiger partial charge in [-0.15, -0.1) is 0 Å². The summed E-state index contributed by atoms with van der Waals surface area (Å²) in [6, 6.07) is 12.2. The molecule has 2 atom stereocenters. The molecule has 8 heteroatoms. The number of hydrogen-bond donors (Lipinski definition) is 3. The van der Waals surface area contributed by atoms with E-state index in [1.807, 2.05) is 18.2 Å². The van der Waals surface area contributed by atoms with Crippen LogP contribution in [0.25, 0.3) is 10.9 Å². The maximum atomic E-state index is 13.0. The summed E-state index contributed by atoms with van der Waals surface area (Å²) in [5.74, 6) is -0.590. The lowest BCUT2D eigenvalue weighted by Crippen LogP contribution is -2.53. The molecule has 2 fully saturated rings. The molecule has 0 spiro atoms. The van der Waals surface area contributed by atoms with Crippen LogP contribution in [0.15, 0.2) is 48.7 Å². The zero-order valence-corrected chi connectivity index (χ0v) is 20.3. The normalized spacial score (nSPS) is 20.7. The summed E-state index contributed by atoms with van der Waals surface area (Å²) in [5.41, 5.74) is 2.20. The number of nitrogens with one attached hydrogen (secondary N) is 3. The monoisotopic (exact) mass is 493 g/mol. The lowest BCUT2D eigenvalue weighted by molar-refractivity contribution is -0.143. The van der Waals surface area contributed by atoms with Crippen molar-refractivity contribution in [1.29, 1.82) is 0 Å². The van der Waals surface area contributed by atoms with Crippen LogP contribution in [0.5, 0.6) is 0 Å². The second kappa shape index (κ2) is 9.38. The van der Waals surface area contributed by atoms with E-state index in [4.69, 9.17) is 16.3 Å². The number of carbonyl (C=O) groups excluding carboxylic acids is 3. The number of amides is 2. The van der Waals surface area contributed by atoms with E-state index in [1.165, 1.54) is 7.11 Å². The Morgan fingerprint density at radius 1 is 0.943 bits per heavy atom. The van der Waals surface area contributed by atoms with Crippen LogP contribution in [-0.2, 0) is 14.9 Å². The highest BCUT2D eigenvalue weighted by Gasteiger charge is 2.52. The van der Waals surface area contributed by atoms with Gasteiger partial charge in [0.05, 0.1) is 17.5 Å². The Balaban J connectivity index is 1.25. The summed E-state index contributed by atoms with van der Waals surface area (Å²) < 4.78 is 4.95. The van der Waals surface area contributed by atoms with Crippen molar-refractivity contribution in [3.05, 3.63) is 70.4 Å². The van der Waals surface area contributed by atoms with Gasteiger partial charge < -0.3 is 20.4 Å². The smallest absolute Gasteiger partial charge is 0.316 e. The van der Waals surface area contributed by atoms with Crippen molar-refractivity contribution in [1.82, 2.24) is 15.6 Å². The topological polar surface area (TPSA) is 100 Å². The van der Waals surface area contributed by atoms with Crippen molar-refractivity contribution in [3.8, 4) is 0 Å². The Bertz CT molecular complexity index is 1280. The number of aromatic nitrogens is 1. The molecule has 35 heavy (non-hydrogen) atoms. The summed E-state index contributed by atoms with van der Waals surface area (Å²) in [4.78, 5) is 41.2. The third-order valence-corrected chi connectivity index (χ3v) is 7.63. The molecule has 0 saturated heterocycles. The van der Waals surface area contributed by atoms with Crippen LogP contribution >= 0.6 is 11.6 Å². The van der Waals surface area contributed by atoms with Crippen LogP contribution in [0.1, 0.15) is 64.8 Å². The lowest BCUT2D eigenvalue weighted by atomic mass is 9.89. The van der Waals surface area contributed by atoms with Gasteiger partial charge in [-0.1, -0.05) is 42.6 Å². The number of rotatable bonds is 6. The molecule has 0 radical (unpaired) electrons. The molecule has 2 unspecified atom stereocenters. The largest absolute Gasteiger partial charge is 0.468 e. The molecule has 2 aliphatic rings. The SMILES string of the molecule is COC(=O)C1(c2ccc(C(=O)NC3CCCCC3NC(=O)c3ccc4c(Cl)c[nH]c4c3)cc2)CC1. The van der Waals surface area contributed by atoms with Gasteiger partial charge in [-0.05, 0) is 55.5 Å². The highest BCUT2D eigenvalue weighted by Crippen LogP contribution is 2.49. The van der Waals surface area contributed by atoms with E-state index in [1.54, 1.807) is 30.5 Å². The van der Waals surface area contributed by atoms with Crippen molar-refractivity contribution in [2.24, 2.45) is 0 Å². The molecule has 182 valence electrons. The van der Waals surface area contributed by atoms with Crippen LogP contribution in [0.4, 0.5) is 0 Å². The summed E-state index contributed by atoms with van der Waals surface area (Å²) in [6.07, 6.45) is 6.81. The molecule has 0 aliphatic heterocycles. The predicted molar refractivity (Wildman–Crippen MR) is 134 cm³/mol. The van der Waals surface area contributed by atoms with Gasteiger partial charge in [-0.2, -0.15) is 0 Å². The predicted octanol–water partition coefficient (Wildman–Crippen LogP) is 4.50. The van der Waals surface area contributed by atoms with Crippen molar-refractivity contribution < 1.29 is 19.1 Å². The molecule has 5 rings (SSSR count). The van der Waals surface area contributed by atoms with E-state index in [-0.39, 0.29) is 29.9 Å². The number of esters is 1. The van der Waals surface area contributed by atoms with Gasteiger partial charge in [0.1, 0.15) is 0 Å². The van der Waals surface area contributed by atoms with E-state index in [0.29, 0.717) is 16.1 Å². The molecule has 7 nitrogen and oxygen atoms in total. The Morgan fingerprint density at radius 2 is 1.54 bits per heavy atom. The van der Waals surface area contributed by atoms with E-state index < -0.39 is 5.41 Å². The van der Waals surface area contributed by atoms with Crippen LogP contribution in [0.3, 0.4) is 0 Å². The molecule has 2 saturated carbocycles. The van der Waals surface area contributed by atoms with Gasteiger partial charge >= 0.3 is 5.97 Å². The minimum atomic E-state index is -0.559. The molecule has 3 N–H and O–H groups in total. The molecule has 0 bridgehead atoms. The number of H-pyrrole nitrogens is 1. The molecule has 1 aromatic heterocycles. The van der Waals surface area contributed by atoms with Crippen molar-refractivity contribution in [3.63, 3.8) is 0 Å². The Hall–Kier alpha value is -3.32. The average molecular weight is 494 g/mol. The van der Waals surface area contributed by atoms with Crippen LogP contribution < -0.4 is 10.6 Å². The number of halogens is 1. The first-order valence-electron chi connectivity index (χ1n) is 12.0. The van der Waals surface area contributed by atoms with Gasteiger partial charge in [-0.3, -0.25) is 14.4 Å². The maximum absolute atomic E-state index is 13.0. The zero-order chi connectivity index (χ0) is 24.6. The minimum absolute atomic E-state index is 0.156. The van der Waals surface area contributed by atoms with Gasteiger partial charge in [0, 0.05) is 40.3 Å². The molecule has 3 aromatic rings. The quantitative estimate of drug-likeness (QED) is 0.440. The van der Waals surface area contributed by atoms with Gasteiger partial charge in [0.25, 0.3) is 11.8 Å². The fourth-order valence-electron chi connectivity index (χ4n) is 5.08. The number of methoxy groups -OCH3 is 1. The summed E-state index contributed by atoms with van der Waals surface area (Å²) in [5, 5.41) is 7.72. The lowest BCUT2D eigenvalue weighted by Gasteiger charge is -2.33. The van der Waals surface area contributed by atoms with Crippen LogP contribution in [0.2, 0.25) is 5.02 Å². The molecular weight excluding hydrogens is 466 g/mol. The fraction of sp³-hybridized carbons (Fsp3) is 0.370. The number of ether oxygens (including phenoxy) is 1. The van der Waals surface area contributed by atoms with E-state index in [0.717, 1.165) is 55.0 Å². The summed E-state index contributed by atoms with van der Waals surface area (Å²) in [7, 11) is 1.40. The van der Waals surface area contributed by atoms with Crippen LogP contribution in [0, 0.1) is 0 Å². The van der Waals surface area contributed by atoms with Crippen LogP contribution in [-0.4, -0.2) is 42.0 Å². The Labute approximate surface area is 208 Å². The third kappa shape index (κ3) is 4.52. The minimum Gasteiger partial charge on any atom is -0.468 e. The number of carbonyl (C=O) groups is 3. The van der Waals surface area contributed by atoms with E-state index >= 15 is 0 Å². The Morgan fingerprint density at radius 3 is 2.14 bits per heavy atom. The van der Waals surface area contributed by atoms with Crippen molar-refractivity contribution in [2.75, 3.05) is 7.11 Å². The fourth-order valence-corrected chi connectivity index (χ4v) is 5.30. The molecule has 2 amide bonds. The molecular formula is C27H28ClN3O4. The highest BCUT2D eigenvalue weighted by molar-refractivity contribution is 6.35. The molecule has 2 aliphatic carbocycles. The van der Waals surface area contributed by atoms with Gasteiger partial charge in [-0.25, -0.2) is 0 Å². The molecule has 1 heterocycles. The second-order valence-electron chi connectivity index (χ2n) is 9.49. The zero-order valence-electron chi connectivity index (χ0n) is 19.5. The number of benzene rings is 2. The first-order valence-corrected chi connectivity index (χ1v) is 12.4. The van der Waals surface area contributed by atoms with Gasteiger partial charge in [0.15, 0.2) is 0 Å². The third-order valence-electron chi connectivity index (χ3n) is 7.32. The second-order valence-corrected chi connectivity index (χ2v) is 9.90. The highest BCUT2D eigenvalue weighted by atomic mass is 35.5. The maximum Gasteiger partial charge on any atom is 0.316 e.